The van der Waals surface area contributed by atoms with E-state index in [2.05, 4.69) is 10.4 Å². The standard InChI is InChI=1S/C11H21N3O3/c1-3-10-9(5-14(2)13-10)4-12-11(6-15,7-16)8-17/h5,12,15-17H,3-4,6-8H2,1-2H3. The molecule has 0 aliphatic rings. The Bertz CT molecular complexity index is 339. The summed E-state index contributed by atoms with van der Waals surface area (Å²) >= 11 is 0. The molecule has 0 saturated heterocycles. The van der Waals surface area contributed by atoms with Gasteiger partial charge in [-0.2, -0.15) is 5.10 Å². The molecule has 98 valence electrons. The predicted octanol–water partition coefficient (Wildman–Crippen LogP) is -1.21. The normalized spacial score (nSPS) is 12.1. The molecule has 1 rings (SSSR count). The Morgan fingerprint density at radius 3 is 2.35 bits per heavy atom. The summed E-state index contributed by atoms with van der Waals surface area (Å²) in [5, 5.41) is 34.8. The molecule has 0 unspecified atom stereocenters. The molecule has 1 aromatic rings. The van der Waals surface area contributed by atoms with Crippen molar-refractivity contribution in [3.05, 3.63) is 17.5 Å². The number of nitrogens with one attached hydrogen (secondary N) is 1. The Balaban J connectivity index is 2.71. The molecule has 1 aromatic heterocycles. The van der Waals surface area contributed by atoms with Gasteiger partial charge < -0.3 is 20.6 Å². The predicted molar refractivity (Wildman–Crippen MR) is 63.4 cm³/mol. The van der Waals surface area contributed by atoms with Crippen LogP contribution in [0.15, 0.2) is 6.20 Å². The third-order valence-electron chi connectivity index (χ3n) is 2.89. The third kappa shape index (κ3) is 3.26. The van der Waals surface area contributed by atoms with Crippen molar-refractivity contribution >= 4 is 0 Å². The molecule has 4 N–H and O–H groups in total. The summed E-state index contributed by atoms with van der Waals surface area (Å²) in [5.74, 6) is 0. The molecule has 0 radical (unpaired) electrons. The van der Waals surface area contributed by atoms with Gasteiger partial charge in [-0.3, -0.25) is 4.68 Å². The second-order valence-electron chi connectivity index (χ2n) is 4.24. The molecule has 17 heavy (non-hydrogen) atoms. The largest absolute Gasteiger partial charge is 0.394 e. The van der Waals surface area contributed by atoms with Crippen LogP contribution in [0.1, 0.15) is 18.2 Å². The lowest BCUT2D eigenvalue weighted by Crippen LogP contribution is -2.54. The maximum atomic E-state index is 9.18. The van der Waals surface area contributed by atoms with E-state index < -0.39 is 5.54 Å². The zero-order chi connectivity index (χ0) is 12.9. The van der Waals surface area contributed by atoms with Crippen LogP contribution in [-0.2, 0) is 20.0 Å². The van der Waals surface area contributed by atoms with Gasteiger partial charge in [0.25, 0.3) is 0 Å². The van der Waals surface area contributed by atoms with E-state index in [1.54, 1.807) is 4.68 Å². The molecular formula is C11H21N3O3. The minimum atomic E-state index is -1.04. The average Bonchev–Trinajstić information content (AvgIpc) is 2.72. The Morgan fingerprint density at radius 2 is 1.88 bits per heavy atom. The van der Waals surface area contributed by atoms with Crippen LogP contribution in [0.3, 0.4) is 0 Å². The minimum absolute atomic E-state index is 0.318. The second-order valence-corrected chi connectivity index (χ2v) is 4.24. The highest BCUT2D eigenvalue weighted by Gasteiger charge is 2.27. The first-order valence-electron chi connectivity index (χ1n) is 5.69. The lowest BCUT2D eigenvalue weighted by Gasteiger charge is -2.28. The number of hydrogen-bond donors (Lipinski definition) is 4. The summed E-state index contributed by atoms with van der Waals surface area (Å²) in [6.07, 6.45) is 2.71. The Morgan fingerprint density at radius 1 is 1.29 bits per heavy atom. The average molecular weight is 243 g/mol. The van der Waals surface area contributed by atoms with Crippen molar-refractivity contribution < 1.29 is 15.3 Å². The molecule has 0 atom stereocenters. The Hall–Kier alpha value is -0.950. The number of aromatic nitrogens is 2. The van der Waals surface area contributed by atoms with Gasteiger partial charge in [-0.05, 0) is 6.42 Å². The molecular weight excluding hydrogens is 222 g/mol. The van der Waals surface area contributed by atoms with Crippen LogP contribution in [0, 0.1) is 0 Å². The van der Waals surface area contributed by atoms with Crippen LogP contribution < -0.4 is 5.32 Å². The number of aliphatic hydroxyl groups is 3. The summed E-state index contributed by atoms with van der Waals surface area (Å²) in [6, 6.07) is 0. The van der Waals surface area contributed by atoms with Gasteiger partial charge in [0.15, 0.2) is 0 Å². The van der Waals surface area contributed by atoms with Crippen LogP contribution in [0.2, 0.25) is 0 Å². The van der Waals surface area contributed by atoms with E-state index in [-0.39, 0.29) is 19.8 Å². The topological polar surface area (TPSA) is 90.5 Å². The molecule has 0 aromatic carbocycles. The maximum absolute atomic E-state index is 9.18. The fraction of sp³-hybridized carbons (Fsp3) is 0.727. The lowest BCUT2D eigenvalue weighted by molar-refractivity contribution is 0.0413. The quantitative estimate of drug-likeness (QED) is 0.482. The smallest absolute Gasteiger partial charge is 0.0884 e. The van der Waals surface area contributed by atoms with Crippen LogP contribution >= 0.6 is 0 Å². The first-order chi connectivity index (χ1) is 8.10. The molecule has 0 aliphatic carbocycles. The molecule has 6 nitrogen and oxygen atoms in total. The molecule has 0 bridgehead atoms. The molecule has 0 fully saturated rings. The van der Waals surface area contributed by atoms with Gasteiger partial charge in [0, 0.05) is 25.4 Å². The van der Waals surface area contributed by atoms with Gasteiger partial charge in [0.05, 0.1) is 31.1 Å². The summed E-state index contributed by atoms with van der Waals surface area (Å²) in [5.41, 5.74) is 0.943. The zero-order valence-corrected chi connectivity index (χ0v) is 10.3. The van der Waals surface area contributed by atoms with E-state index in [9.17, 15) is 15.3 Å². The SMILES string of the molecule is CCc1nn(C)cc1CNC(CO)(CO)CO. The van der Waals surface area contributed by atoms with Crippen LogP contribution in [-0.4, -0.2) is 50.5 Å². The van der Waals surface area contributed by atoms with E-state index >= 15 is 0 Å². The van der Waals surface area contributed by atoms with Crippen LogP contribution in [0.4, 0.5) is 0 Å². The summed E-state index contributed by atoms with van der Waals surface area (Å²) in [6.45, 7) is 1.52. The molecule has 0 spiro atoms. The fourth-order valence-corrected chi connectivity index (χ4v) is 1.63. The van der Waals surface area contributed by atoms with Crippen LogP contribution in [0.5, 0.6) is 0 Å². The third-order valence-corrected chi connectivity index (χ3v) is 2.89. The van der Waals surface area contributed by atoms with Gasteiger partial charge in [-0.15, -0.1) is 0 Å². The molecule has 1 heterocycles. The Kier molecular flexibility index (Phi) is 5.07. The number of aryl methyl sites for hydroxylation is 2. The number of rotatable bonds is 7. The van der Waals surface area contributed by atoms with E-state index in [1.165, 1.54) is 0 Å². The summed E-state index contributed by atoms with van der Waals surface area (Å²) in [7, 11) is 1.85. The van der Waals surface area contributed by atoms with Crippen LogP contribution in [0.25, 0.3) is 0 Å². The van der Waals surface area contributed by atoms with E-state index in [0.29, 0.717) is 6.54 Å². The fourth-order valence-electron chi connectivity index (χ4n) is 1.63. The number of aliphatic hydroxyl groups excluding tert-OH is 3. The summed E-state index contributed by atoms with van der Waals surface area (Å²) < 4.78 is 1.73. The van der Waals surface area contributed by atoms with Crippen molar-refractivity contribution in [2.45, 2.75) is 25.4 Å². The van der Waals surface area contributed by atoms with E-state index in [1.807, 2.05) is 20.2 Å². The number of nitrogens with zero attached hydrogens (tertiary/aromatic N) is 2. The molecule has 0 aliphatic heterocycles. The Labute approximate surface area is 101 Å². The first-order valence-corrected chi connectivity index (χ1v) is 5.69. The van der Waals surface area contributed by atoms with Crippen molar-refractivity contribution in [3.63, 3.8) is 0 Å². The molecule has 0 amide bonds. The van der Waals surface area contributed by atoms with Crippen molar-refractivity contribution in [2.24, 2.45) is 7.05 Å². The van der Waals surface area contributed by atoms with Crippen molar-refractivity contribution in [1.82, 2.24) is 15.1 Å². The van der Waals surface area contributed by atoms with Gasteiger partial charge in [-0.1, -0.05) is 6.92 Å². The highest BCUT2D eigenvalue weighted by atomic mass is 16.3. The van der Waals surface area contributed by atoms with Gasteiger partial charge in [-0.25, -0.2) is 0 Å². The van der Waals surface area contributed by atoms with E-state index in [4.69, 9.17) is 0 Å². The molecule has 0 saturated carbocycles. The zero-order valence-electron chi connectivity index (χ0n) is 10.3. The highest BCUT2D eigenvalue weighted by Crippen LogP contribution is 2.09. The van der Waals surface area contributed by atoms with Crippen molar-refractivity contribution in [2.75, 3.05) is 19.8 Å². The van der Waals surface area contributed by atoms with E-state index in [0.717, 1.165) is 17.7 Å². The van der Waals surface area contributed by atoms with Crippen molar-refractivity contribution in [1.29, 1.82) is 0 Å². The van der Waals surface area contributed by atoms with Gasteiger partial charge in [0.1, 0.15) is 0 Å². The molecule has 6 heteroatoms. The number of hydrogen-bond acceptors (Lipinski definition) is 5. The maximum Gasteiger partial charge on any atom is 0.0884 e. The minimum Gasteiger partial charge on any atom is -0.394 e. The van der Waals surface area contributed by atoms with Gasteiger partial charge >= 0.3 is 0 Å². The van der Waals surface area contributed by atoms with Gasteiger partial charge in [0.2, 0.25) is 0 Å². The first kappa shape index (κ1) is 14.1. The van der Waals surface area contributed by atoms with Crippen molar-refractivity contribution in [3.8, 4) is 0 Å². The summed E-state index contributed by atoms with van der Waals surface area (Å²) in [4.78, 5) is 0. The monoisotopic (exact) mass is 243 g/mol. The highest BCUT2D eigenvalue weighted by molar-refractivity contribution is 5.17. The lowest BCUT2D eigenvalue weighted by atomic mass is 10.0. The second kappa shape index (κ2) is 6.11.